The molecule has 6 heteroatoms. The molecule has 0 fully saturated rings. The topological polar surface area (TPSA) is 75.4 Å². The molecule has 0 bridgehead atoms. The van der Waals surface area contributed by atoms with E-state index in [1.54, 1.807) is 27.8 Å². The van der Waals surface area contributed by atoms with Gasteiger partial charge in [-0.1, -0.05) is 18.2 Å². The number of amides is 1. The van der Waals surface area contributed by atoms with Crippen LogP contribution in [0, 0.1) is 13.8 Å². The monoisotopic (exact) mass is 299 g/mol. The van der Waals surface area contributed by atoms with Crippen LogP contribution in [0.1, 0.15) is 22.9 Å². The fraction of sp³-hybridized carbons (Fsp3) is 0.312. The van der Waals surface area contributed by atoms with Gasteiger partial charge in [0.15, 0.2) is 0 Å². The molecule has 2 heterocycles. The molecule has 0 aliphatic carbocycles. The summed E-state index contributed by atoms with van der Waals surface area (Å²) in [6.45, 7) is 4.05. The average molecular weight is 299 g/mol. The van der Waals surface area contributed by atoms with Crippen LogP contribution in [0.5, 0.6) is 0 Å². The first-order valence-corrected chi connectivity index (χ1v) is 7.10. The van der Waals surface area contributed by atoms with Gasteiger partial charge in [-0.15, -0.1) is 0 Å². The second-order valence-electron chi connectivity index (χ2n) is 5.54. The Morgan fingerprint density at radius 1 is 1.32 bits per heavy atom. The van der Waals surface area contributed by atoms with Crippen LogP contribution < -0.4 is 4.90 Å². The molecule has 1 N–H and O–H groups in total. The van der Waals surface area contributed by atoms with Gasteiger partial charge in [-0.2, -0.15) is 5.10 Å². The molecule has 1 aliphatic heterocycles. The molecule has 1 amide bonds. The molecule has 1 aromatic carbocycles. The molecule has 3 rings (SSSR count). The molecular weight excluding hydrogens is 282 g/mol. The largest absolute Gasteiger partial charge is 0.481 e. The van der Waals surface area contributed by atoms with Crippen molar-refractivity contribution in [1.29, 1.82) is 0 Å². The summed E-state index contributed by atoms with van der Waals surface area (Å²) in [6, 6.07) is 9.07. The highest BCUT2D eigenvalue weighted by molar-refractivity contribution is 5.98. The number of aromatic nitrogens is 2. The minimum absolute atomic E-state index is 0.111. The maximum atomic E-state index is 12.6. The van der Waals surface area contributed by atoms with Crippen molar-refractivity contribution in [2.45, 2.75) is 26.3 Å². The summed E-state index contributed by atoms with van der Waals surface area (Å²) in [5.41, 5.74) is 3.14. The van der Waals surface area contributed by atoms with Crippen molar-refractivity contribution < 1.29 is 14.7 Å². The summed E-state index contributed by atoms with van der Waals surface area (Å²) in [6.07, 6.45) is 0. The van der Waals surface area contributed by atoms with E-state index in [9.17, 15) is 14.7 Å². The van der Waals surface area contributed by atoms with E-state index < -0.39 is 11.9 Å². The molecule has 0 radical (unpaired) electrons. The van der Waals surface area contributed by atoms with Crippen molar-refractivity contribution in [2.75, 3.05) is 11.4 Å². The predicted molar refractivity (Wildman–Crippen MR) is 80.9 cm³/mol. The van der Waals surface area contributed by atoms with E-state index in [1.165, 1.54) is 0 Å². The Bertz CT molecular complexity index is 751. The number of anilines is 1. The van der Waals surface area contributed by atoms with Gasteiger partial charge < -0.3 is 10.0 Å². The number of carboxylic acid groups (broad SMARTS) is 1. The van der Waals surface area contributed by atoms with Crippen molar-refractivity contribution in [3.8, 4) is 0 Å². The lowest BCUT2D eigenvalue weighted by atomic mass is 10.0. The van der Waals surface area contributed by atoms with E-state index in [0.29, 0.717) is 11.3 Å². The van der Waals surface area contributed by atoms with E-state index in [2.05, 4.69) is 5.10 Å². The maximum absolute atomic E-state index is 12.6. The van der Waals surface area contributed by atoms with E-state index in [-0.39, 0.29) is 19.0 Å². The Morgan fingerprint density at radius 2 is 2.05 bits per heavy atom. The summed E-state index contributed by atoms with van der Waals surface area (Å²) < 4.78 is 1.65. The van der Waals surface area contributed by atoms with Gasteiger partial charge in [-0.05, 0) is 31.5 Å². The molecule has 0 spiro atoms. The van der Waals surface area contributed by atoms with Crippen LogP contribution in [-0.2, 0) is 16.1 Å². The standard InChI is InChI=1S/C16H17N3O3/c1-10-7-11(2)19(17-10)9-15(20)18-8-13(16(21)22)12-5-3-4-6-14(12)18/h3-7,13H,8-9H2,1-2H3,(H,21,22)/t13-/m1/s1. The molecule has 0 saturated carbocycles. The van der Waals surface area contributed by atoms with Crippen LogP contribution in [0.15, 0.2) is 30.3 Å². The number of para-hydroxylation sites is 1. The lowest BCUT2D eigenvalue weighted by molar-refractivity contribution is -0.138. The Morgan fingerprint density at radius 3 is 2.68 bits per heavy atom. The van der Waals surface area contributed by atoms with Gasteiger partial charge in [-0.25, -0.2) is 0 Å². The molecule has 22 heavy (non-hydrogen) atoms. The van der Waals surface area contributed by atoms with Crippen LogP contribution in [-0.4, -0.2) is 33.3 Å². The van der Waals surface area contributed by atoms with Crippen molar-refractivity contribution in [3.05, 3.63) is 47.3 Å². The van der Waals surface area contributed by atoms with Crippen molar-refractivity contribution >= 4 is 17.6 Å². The third-order valence-corrected chi connectivity index (χ3v) is 3.96. The first-order chi connectivity index (χ1) is 10.5. The molecule has 6 nitrogen and oxygen atoms in total. The third-order valence-electron chi connectivity index (χ3n) is 3.96. The number of benzene rings is 1. The van der Waals surface area contributed by atoms with Crippen molar-refractivity contribution in [2.24, 2.45) is 0 Å². The number of aryl methyl sites for hydroxylation is 2. The highest BCUT2D eigenvalue weighted by Crippen LogP contribution is 2.36. The zero-order valence-corrected chi connectivity index (χ0v) is 12.5. The van der Waals surface area contributed by atoms with Gasteiger partial charge in [0.05, 0.1) is 5.69 Å². The molecule has 0 unspecified atom stereocenters. The van der Waals surface area contributed by atoms with E-state index in [0.717, 1.165) is 11.4 Å². The molecule has 1 aromatic heterocycles. The first kappa shape index (κ1) is 14.3. The normalized spacial score (nSPS) is 16.6. The third kappa shape index (κ3) is 2.36. The van der Waals surface area contributed by atoms with E-state index >= 15 is 0 Å². The summed E-state index contributed by atoms with van der Waals surface area (Å²) in [4.78, 5) is 25.5. The zero-order valence-electron chi connectivity index (χ0n) is 12.5. The fourth-order valence-corrected chi connectivity index (χ4v) is 2.90. The highest BCUT2D eigenvalue weighted by Gasteiger charge is 2.36. The van der Waals surface area contributed by atoms with Crippen LogP contribution in [0.4, 0.5) is 5.69 Å². The smallest absolute Gasteiger partial charge is 0.312 e. The summed E-state index contributed by atoms with van der Waals surface area (Å²) in [7, 11) is 0. The Balaban J connectivity index is 1.88. The second kappa shape index (κ2) is 5.29. The number of carbonyl (C=O) groups excluding carboxylic acids is 1. The van der Waals surface area contributed by atoms with Crippen LogP contribution in [0.2, 0.25) is 0 Å². The number of carbonyl (C=O) groups is 2. The highest BCUT2D eigenvalue weighted by atomic mass is 16.4. The van der Waals surface area contributed by atoms with E-state index in [4.69, 9.17) is 0 Å². The zero-order chi connectivity index (χ0) is 15.9. The number of nitrogens with zero attached hydrogens (tertiary/aromatic N) is 3. The van der Waals surface area contributed by atoms with Gasteiger partial charge in [0.2, 0.25) is 5.91 Å². The lowest BCUT2D eigenvalue weighted by Gasteiger charge is -2.18. The minimum Gasteiger partial charge on any atom is -0.481 e. The second-order valence-corrected chi connectivity index (χ2v) is 5.54. The molecule has 0 saturated heterocycles. The molecule has 2 aromatic rings. The predicted octanol–water partition coefficient (Wildman–Crippen LogP) is 1.71. The number of aliphatic carboxylic acids is 1. The Kier molecular flexibility index (Phi) is 3.44. The van der Waals surface area contributed by atoms with Crippen LogP contribution in [0.3, 0.4) is 0 Å². The maximum Gasteiger partial charge on any atom is 0.312 e. The quantitative estimate of drug-likeness (QED) is 0.936. The number of rotatable bonds is 3. The molecule has 114 valence electrons. The lowest BCUT2D eigenvalue weighted by Crippen LogP contribution is -2.34. The molecule has 1 aliphatic rings. The van der Waals surface area contributed by atoms with Crippen molar-refractivity contribution in [3.63, 3.8) is 0 Å². The molecular formula is C16H17N3O3. The van der Waals surface area contributed by atoms with Crippen LogP contribution >= 0.6 is 0 Å². The average Bonchev–Trinajstić information content (AvgIpc) is 2.99. The van der Waals surface area contributed by atoms with Crippen LogP contribution in [0.25, 0.3) is 0 Å². The minimum atomic E-state index is -0.908. The van der Waals surface area contributed by atoms with Gasteiger partial charge in [0.1, 0.15) is 12.5 Å². The van der Waals surface area contributed by atoms with Gasteiger partial charge >= 0.3 is 5.97 Å². The Hall–Kier alpha value is -2.63. The first-order valence-electron chi connectivity index (χ1n) is 7.10. The number of hydrogen-bond donors (Lipinski definition) is 1. The number of fused-ring (bicyclic) bond motifs is 1. The summed E-state index contributed by atoms with van der Waals surface area (Å²) in [5.74, 6) is -1.73. The number of carboxylic acids is 1. The fourth-order valence-electron chi connectivity index (χ4n) is 2.90. The summed E-state index contributed by atoms with van der Waals surface area (Å²) in [5, 5.41) is 13.6. The summed E-state index contributed by atoms with van der Waals surface area (Å²) >= 11 is 0. The molecule has 1 atom stereocenters. The van der Waals surface area contributed by atoms with Gasteiger partial charge in [0.25, 0.3) is 0 Å². The van der Waals surface area contributed by atoms with Crippen molar-refractivity contribution in [1.82, 2.24) is 9.78 Å². The SMILES string of the molecule is Cc1cc(C)n(CC(=O)N2C[C@@H](C(=O)O)c3ccccc32)n1. The Labute approximate surface area is 128 Å². The van der Waals surface area contributed by atoms with Gasteiger partial charge in [0, 0.05) is 17.9 Å². The van der Waals surface area contributed by atoms with E-state index in [1.807, 2.05) is 26.0 Å². The van der Waals surface area contributed by atoms with Gasteiger partial charge in [-0.3, -0.25) is 14.3 Å². The number of hydrogen-bond acceptors (Lipinski definition) is 3.